The van der Waals surface area contributed by atoms with Crippen LogP contribution < -0.4 is 4.74 Å². The summed E-state index contributed by atoms with van der Waals surface area (Å²) < 4.78 is 10.8. The van der Waals surface area contributed by atoms with Crippen LogP contribution in [0.25, 0.3) is 22.3 Å². The van der Waals surface area contributed by atoms with Crippen molar-refractivity contribution in [2.45, 2.75) is 13.3 Å². The van der Waals surface area contributed by atoms with Crippen molar-refractivity contribution in [1.29, 1.82) is 0 Å². The maximum Gasteiger partial charge on any atom is 0.313 e. The lowest BCUT2D eigenvalue weighted by Crippen LogP contribution is -2.05. The van der Waals surface area contributed by atoms with E-state index in [1.165, 1.54) is 0 Å². The molecule has 4 nitrogen and oxygen atoms in total. The Hall–Kier alpha value is -3.01. The third kappa shape index (κ3) is 3.11. The molecule has 116 valence electrons. The van der Waals surface area contributed by atoms with Gasteiger partial charge < -0.3 is 14.3 Å². The lowest BCUT2D eigenvalue weighted by atomic mass is 9.98. The summed E-state index contributed by atoms with van der Waals surface area (Å²) in [6, 6.07) is 16.4. The van der Waals surface area contributed by atoms with E-state index in [1.54, 1.807) is 31.4 Å². The minimum atomic E-state index is -0.375. The van der Waals surface area contributed by atoms with Gasteiger partial charge in [-0.3, -0.25) is 4.79 Å². The molecule has 0 aliphatic carbocycles. The predicted molar refractivity (Wildman–Crippen MR) is 87.2 cm³/mol. The highest BCUT2D eigenvalue weighted by Crippen LogP contribution is 2.42. The van der Waals surface area contributed by atoms with Crippen LogP contribution >= 0.6 is 0 Å². The number of phenolic OH excluding ortho intramolecular Hbond substituents is 1. The van der Waals surface area contributed by atoms with Gasteiger partial charge in [0, 0.05) is 12.0 Å². The average molecular weight is 308 g/mol. The van der Waals surface area contributed by atoms with Gasteiger partial charge in [-0.1, -0.05) is 49.4 Å². The summed E-state index contributed by atoms with van der Waals surface area (Å²) in [5, 5.41) is 9.75. The van der Waals surface area contributed by atoms with Crippen molar-refractivity contribution in [1.82, 2.24) is 0 Å². The first-order valence-electron chi connectivity index (χ1n) is 7.36. The molecule has 0 saturated heterocycles. The molecule has 2 aromatic carbocycles. The van der Waals surface area contributed by atoms with Crippen molar-refractivity contribution >= 4 is 5.97 Å². The molecule has 0 radical (unpaired) electrons. The molecule has 23 heavy (non-hydrogen) atoms. The SMILES string of the molecule is CCC(=O)Oc1occ(-c2ccccc2)c1-c1cccc(O)c1. The summed E-state index contributed by atoms with van der Waals surface area (Å²) in [6.45, 7) is 1.72. The summed E-state index contributed by atoms with van der Waals surface area (Å²) in [6.07, 6.45) is 1.81. The molecule has 0 aliphatic heterocycles. The molecule has 0 amide bonds. The fraction of sp³-hybridized carbons (Fsp3) is 0.105. The highest BCUT2D eigenvalue weighted by molar-refractivity contribution is 5.88. The lowest BCUT2D eigenvalue weighted by molar-refractivity contribution is -0.135. The Labute approximate surface area is 134 Å². The minimum absolute atomic E-state index is 0.135. The van der Waals surface area contributed by atoms with Gasteiger partial charge in [0.25, 0.3) is 0 Å². The molecule has 0 saturated carbocycles. The van der Waals surface area contributed by atoms with Crippen molar-refractivity contribution in [3.63, 3.8) is 0 Å². The third-order valence-electron chi connectivity index (χ3n) is 3.47. The Morgan fingerprint density at radius 2 is 1.83 bits per heavy atom. The third-order valence-corrected chi connectivity index (χ3v) is 3.47. The normalized spacial score (nSPS) is 10.5. The summed E-state index contributed by atoms with van der Waals surface area (Å²) >= 11 is 0. The standard InChI is InChI=1S/C19H16O4/c1-2-17(21)23-19-18(14-9-6-10-15(20)11-14)16(12-22-19)13-7-4-3-5-8-13/h3-12,20H,2H2,1H3. The second-order valence-electron chi connectivity index (χ2n) is 5.06. The molecule has 3 aromatic rings. The maximum atomic E-state index is 11.6. The quantitative estimate of drug-likeness (QED) is 0.714. The number of carbonyl (C=O) groups excluding carboxylic acids is 1. The molecule has 1 heterocycles. The van der Waals surface area contributed by atoms with Crippen LogP contribution in [-0.2, 0) is 4.79 Å². The van der Waals surface area contributed by atoms with Gasteiger partial charge in [0.1, 0.15) is 12.0 Å². The zero-order chi connectivity index (χ0) is 16.2. The largest absolute Gasteiger partial charge is 0.508 e. The van der Waals surface area contributed by atoms with E-state index in [-0.39, 0.29) is 24.1 Å². The van der Waals surface area contributed by atoms with Gasteiger partial charge in [0.05, 0.1) is 5.56 Å². The highest BCUT2D eigenvalue weighted by atomic mass is 16.6. The summed E-state index contributed by atoms with van der Waals surface area (Å²) in [4.78, 5) is 11.6. The monoisotopic (exact) mass is 308 g/mol. The van der Waals surface area contributed by atoms with Crippen molar-refractivity contribution in [3.8, 4) is 33.9 Å². The Balaban J connectivity index is 2.16. The maximum absolute atomic E-state index is 11.6. The van der Waals surface area contributed by atoms with Gasteiger partial charge in [-0.25, -0.2) is 0 Å². The Morgan fingerprint density at radius 1 is 1.09 bits per heavy atom. The van der Waals surface area contributed by atoms with Gasteiger partial charge in [0.15, 0.2) is 0 Å². The molecular formula is C19H16O4. The van der Waals surface area contributed by atoms with Crippen LogP contribution in [0.4, 0.5) is 0 Å². The Morgan fingerprint density at radius 3 is 2.52 bits per heavy atom. The Kier molecular flexibility index (Phi) is 4.15. The van der Waals surface area contributed by atoms with Crippen molar-refractivity contribution in [2.24, 2.45) is 0 Å². The smallest absolute Gasteiger partial charge is 0.313 e. The first kappa shape index (κ1) is 14.9. The second-order valence-corrected chi connectivity index (χ2v) is 5.06. The number of benzene rings is 2. The minimum Gasteiger partial charge on any atom is -0.508 e. The number of ether oxygens (including phenoxy) is 1. The van der Waals surface area contributed by atoms with Crippen molar-refractivity contribution < 1.29 is 19.1 Å². The molecule has 0 aliphatic rings. The van der Waals surface area contributed by atoms with E-state index in [2.05, 4.69) is 0 Å². The molecule has 0 unspecified atom stereocenters. The number of phenols is 1. The molecule has 0 spiro atoms. The fourth-order valence-electron chi connectivity index (χ4n) is 2.36. The molecular weight excluding hydrogens is 292 g/mol. The number of aromatic hydroxyl groups is 1. The first-order valence-corrected chi connectivity index (χ1v) is 7.36. The number of rotatable bonds is 4. The molecule has 0 fully saturated rings. The van der Waals surface area contributed by atoms with Crippen LogP contribution in [0.5, 0.6) is 11.7 Å². The van der Waals surface area contributed by atoms with Crippen LogP contribution in [0.3, 0.4) is 0 Å². The molecule has 1 aromatic heterocycles. The van der Waals surface area contributed by atoms with E-state index in [0.717, 1.165) is 16.7 Å². The van der Waals surface area contributed by atoms with Crippen molar-refractivity contribution in [3.05, 3.63) is 60.9 Å². The van der Waals surface area contributed by atoms with E-state index in [9.17, 15) is 9.90 Å². The average Bonchev–Trinajstić information content (AvgIpc) is 2.99. The zero-order valence-electron chi connectivity index (χ0n) is 12.7. The number of furan rings is 1. The Bertz CT molecular complexity index is 818. The van der Waals surface area contributed by atoms with Crippen LogP contribution in [-0.4, -0.2) is 11.1 Å². The molecule has 1 N–H and O–H groups in total. The van der Waals surface area contributed by atoms with Crippen molar-refractivity contribution in [2.75, 3.05) is 0 Å². The van der Waals surface area contributed by atoms with Crippen LogP contribution in [0.15, 0.2) is 65.3 Å². The summed E-state index contributed by atoms with van der Waals surface area (Å²) in [5.74, 6) is -0.0999. The fourth-order valence-corrected chi connectivity index (χ4v) is 2.36. The number of hydrogen-bond acceptors (Lipinski definition) is 4. The van der Waals surface area contributed by atoms with E-state index in [4.69, 9.17) is 9.15 Å². The summed E-state index contributed by atoms with van der Waals surface area (Å²) in [7, 11) is 0. The number of esters is 1. The van der Waals surface area contributed by atoms with E-state index >= 15 is 0 Å². The summed E-state index contributed by atoms with van der Waals surface area (Å²) in [5.41, 5.74) is 3.11. The zero-order valence-corrected chi connectivity index (χ0v) is 12.7. The van der Waals surface area contributed by atoms with Crippen LogP contribution in [0.1, 0.15) is 13.3 Å². The highest BCUT2D eigenvalue weighted by Gasteiger charge is 2.20. The predicted octanol–water partition coefficient (Wildman–Crippen LogP) is 4.63. The van der Waals surface area contributed by atoms with E-state index in [0.29, 0.717) is 5.56 Å². The van der Waals surface area contributed by atoms with Crippen LogP contribution in [0.2, 0.25) is 0 Å². The first-order chi connectivity index (χ1) is 11.2. The molecule has 4 heteroatoms. The molecule has 0 bridgehead atoms. The molecule has 0 atom stereocenters. The van der Waals surface area contributed by atoms with E-state index in [1.807, 2.05) is 36.4 Å². The topological polar surface area (TPSA) is 59.7 Å². The van der Waals surface area contributed by atoms with Crippen LogP contribution in [0, 0.1) is 0 Å². The molecule has 3 rings (SSSR count). The van der Waals surface area contributed by atoms with Gasteiger partial charge in [-0.05, 0) is 23.3 Å². The number of carbonyl (C=O) groups is 1. The lowest BCUT2D eigenvalue weighted by Gasteiger charge is -2.07. The van der Waals surface area contributed by atoms with Gasteiger partial charge in [-0.2, -0.15) is 0 Å². The van der Waals surface area contributed by atoms with Gasteiger partial charge in [-0.15, -0.1) is 0 Å². The van der Waals surface area contributed by atoms with Gasteiger partial charge >= 0.3 is 11.9 Å². The van der Waals surface area contributed by atoms with Gasteiger partial charge in [0.2, 0.25) is 0 Å². The van der Waals surface area contributed by atoms with E-state index < -0.39 is 0 Å². The second kappa shape index (κ2) is 6.40. The number of hydrogen-bond donors (Lipinski definition) is 1.